The summed E-state index contributed by atoms with van der Waals surface area (Å²) in [5.41, 5.74) is 5.47. The van der Waals surface area contributed by atoms with Crippen molar-refractivity contribution >= 4 is 15.7 Å². The van der Waals surface area contributed by atoms with Gasteiger partial charge in [-0.15, -0.1) is 0 Å². The van der Waals surface area contributed by atoms with Crippen molar-refractivity contribution in [1.29, 1.82) is 0 Å². The van der Waals surface area contributed by atoms with E-state index in [9.17, 15) is 12.8 Å². The number of imidazole rings is 1. The molecule has 2 rings (SSSR count). The molecule has 0 aliphatic carbocycles. The zero-order chi connectivity index (χ0) is 15.5. The molecule has 2 aromatic rings. The van der Waals surface area contributed by atoms with Crippen LogP contribution in [0.5, 0.6) is 0 Å². The summed E-state index contributed by atoms with van der Waals surface area (Å²) < 4.78 is 41.6. The number of halogens is 1. The number of nitrogens with zero attached hydrogens (tertiary/aromatic N) is 2. The lowest BCUT2D eigenvalue weighted by Gasteiger charge is -2.07. The molecular weight excluding hydrogens is 295 g/mol. The fraction of sp³-hybridized carbons (Fsp3) is 0.154. The number of benzene rings is 1. The minimum absolute atomic E-state index is 0.162. The fourth-order valence-electron chi connectivity index (χ4n) is 1.55. The zero-order valence-corrected chi connectivity index (χ0v) is 12.0. The standard InChI is InChI=1S/C13H13FN4O2S/c1-18-8-13(16-9-18)21(19,20)17-12-5-4-10(3-2-6-15)7-11(12)14/h4-5,7-9,17H,6,15H2,1H3. The van der Waals surface area contributed by atoms with E-state index in [-0.39, 0.29) is 17.3 Å². The summed E-state index contributed by atoms with van der Waals surface area (Å²) in [7, 11) is -2.29. The van der Waals surface area contributed by atoms with Crippen LogP contribution in [0.4, 0.5) is 10.1 Å². The first-order valence-corrected chi connectivity index (χ1v) is 7.40. The first kappa shape index (κ1) is 15.0. The fourth-order valence-corrected chi connectivity index (χ4v) is 2.60. The quantitative estimate of drug-likeness (QED) is 0.816. The molecule has 110 valence electrons. The van der Waals surface area contributed by atoms with Gasteiger partial charge in [-0.3, -0.25) is 4.72 Å². The van der Waals surface area contributed by atoms with Gasteiger partial charge in [0.2, 0.25) is 0 Å². The molecule has 0 spiro atoms. The molecule has 0 radical (unpaired) electrons. The van der Waals surface area contributed by atoms with E-state index in [1.54, 1.807) is 7.05 Å². The maximum atomic E-state index is 13.9. The maximum absolute atomic E-state index is 13.9. The Morgan fingerprint density at radius 3 is 2.81 bits per heavy atom. The van der Waals surface area contributed by atoms with Gasteiger partial charge in [-0.2, -0.15) is 8.42 Å². The second kappa shape index (κ2) is 5.95. The third kappa shape index (κ3) is 3.59. The molecule has 6 nitrogen and oxygen atoms in total. The average Bonchev–Trinajstić information content (AvgIpc) is 2.86. The van der Waals surface area contributed by atoms with Crippen molar-refractivity contribution in [2.24, 2.45) is 12.8 Å². The predicted molar refractivity (Wildman–Crippen MR) is 76.3 cm³/mol. The zero-order valence-electron chi connectivity index (χ0n) is 11.2. The van der Waals surface area contributed by atoms with Gasteiger partial charge in [-0.1, -0.05) is 11.8 Å². The summed E-state index contributed by atoms with van der Waals surface area (Å²) in [5.74, 6) is 4.53. The van der Waals surface area contributed by atoms with E-state index in [0.29, 0.717) is 5.56 Å². The van der Waals surface area contributed by atoms with Crippen LogP contribution < -0.4 is 10.5 Å². The van der Waals surface area contributed by atoms with E-state index >= 15 is 0 Å². The lowest BCUT2D eigenvalue weighted by atomic mass is 10.2. The van der Waals surface area contributed by atoms with Crippen LogP contribution in [0.2, 0.25) is 0 Å². The van der Waals surface area contributed by atoms with Gasteiger partial charge in [0.05, 0.1) is 18.6 Å². The Hall–Kier alpha value is -2.37. The molecule has 8 heteroatoms. The summed E-state index contributed by atoms with van der Waals surface area (Å²) in [6.45, 7) is 0.162. The lowest BCUT2D eigenvalue weighted by molar-refractivity contribution is 0.595. The van der Waals surface area contributed by atoms with Gasteiger partial charge in [-0.05, 0) is 18.2 Å². The van der Waals surface area contributed by atoms with Crippen LogP contribution in [0.1, 0.15) is 5.56 Å². The Morgan fingerprint density at radius 2 is 2.24 bits per heavy atom. The molecule has 0 atom stereocenters. The largest absolute Gasteiger partial charge is 0.339 e. The highest BCUT2D eigenvalue weighted by Crippen LogP contribution is 2.19. The van der Waals surface area contributed by atoms with Crippen molar-refractivity contribution in [1.82, 2.24) is 9.55 Å². The van der Waals surface area contributed by atoms with E-state index in [4.69, 9.17) is 5.73 Å². The molecule has 21 heavy (non-hydrogen) atoms. The van der Waals surface area contributed by atoms with E-state index in [0.717, 1.165) is 6.07 Å². The first-order valence-electron chi connectivity index (χ1n) is 5.91. The molecule has 0 saturated heterocycles. The lowest BCUT2D eigenvalue weighted by Crippen LogP contribution is -2.14. The average molecular weight is 308 g/mol. The summed E-state index contributed by atoms with van der Waals surface area (Å²) >= 11 is 0. The van der Waals surface area contributed by atoms with Crippen molar-refractivity contribution in [2.45, 2.75) is 5.03 Å². The monoisotopic (exact) mass is 308 g/mol. The number of anilines is 1. The molecule has 0 aliphatic heterocycles. The number of sulfonamides is 1. The van der Waals surface area contributed by atoms with E-state index in [1.165, 1.54) is 29.2 Å². The van der Waals surface area contributed by atoms with Gasteiger partial charge in [0.1, 0.15) is 5.82 Å². The van der Waals surface area contributed by atoms with Gasteiger partial charge < -0.3 is 10.3 Å². The van der Waals surface area contributed by atoms with E-state index in [1.807, 2.05) is 0 Å². The highest BCUT2D eigenvalue weighted by molar-refractivity contribution is 7.92. The Labute approximate surface area is 121 Å². The van der Waals surface area contributed by atoms with Crippen LogP contribution >= 0.6 is 0 Å². The van der Waals surface area contributed by atoms with Gasteiger partial charge in [0.15, 0.2) is 5.03 Å². The van der Waals surface area contributed by atoms with Crippen molar-refractivity contribution < 1.29 is 12.8 Å². The number of aryl methyl sites for hydroxylation is 1. The molecule has 0 amide bonds. The smallest absolute Gasteiger partial charge is 0.281 e. The molecule has 0 unspecified atom stereocenters. The Morgan fingerprint density at radius 1 is 1.48 bits per heavy atom. The van der Waals surface area contributed by atoms with Crippen LogP contribution in [-0.4, -0.2) is 24.5 Å². The second-order valence-corrected chi connectivity index (χ2v) is 5.81. The van der Waals surface area contributed by atoms with Crippen molar-refractivity contribution in [3.05, 3.63) is 42.1 Å². The summed E-state index contributed by atoms with van der Waals surface area (Å²) in [5, 5.41) is -0.184. The molecule has 1 aromatic heterocycles. The molecule has 1 heterocycles. The number of aromatic nitrogens is 2. The number of hydrogen-bond acceptors (Lipinski definition) is 4. The van der Waals surface area contributed by atoms with Gasteiger partial charge in [0, 0.05) is 18.8 Å². The summed E-state index contributed by atoms with van der Waals surface area (Å²) in [6, 6.07) is 3.94. The van der Waals surface area contributed by atoms with Crippen LogP contribution in [0.3, 0.4) is 0 Å². The number of rotatable bonds is 3. The van der Waals surface area contributed by atoms with Gasteiger partial charge in [-0.25, -0.2) is 9.37 Å². The SMILES string of the molecule is Cn1cnc(S(=O)(=O)Nc2ccc(C#CCN)cc2F)c1. The van der Waals surface area contributed by atoms with E-state index in [2.05, 4.69) is 21.5 Å². The Kier molecular flexibility index (Phi) is 4.26. The van der Waals surface area contributed by atoms with Crippen molar-refractivity contribution in [3.8, 4) is 11.8 Å². The Bertz CT molecular complexity index is 818. The minimum Gasteiger partial charge on any atom is -0.339 e. The number of nitrogens with two attached hydrogens (primary N) is 1. The normalized spacial score (nSPS) is 10.8. The maximum Gasteiger partial charge on any atom is 0.281 e. The van der Waals surface area contributed by atoms with Crippen molar-refractivity contribution in [3.63, 3.8) is 0 Å². The van der Waals surface area contributed by atoms with Crippen LogP contribution in [0.25, 0.3) is 0 Å². The Balaban J connectivity index is 2.27. The van der Waals surface area contributed by atoms with Crippen LogP contribution in [0, 0.1) is 17.7 Å². The third-order valence-electron chi connectivity index (χ3n) is 2.50. The molecule has 0 fully saturated rings. The number of nitrogens with one attached hydrogen (secondary N) is 1. The van der Waals surface area contributed by atoms with Gasteiger partial charge >= 0.3 is 0 Å². The summed E-state index contributed by atoms with van der Waals surface area (Å²) in [6.07, 6.45) is 2.66. The molecule has 0 saturated carbocycles. The highest BCUT2D eigenvalue weighted by atomic mass is 32.2. The van der Waals surface area contributed by atoms with E-state index < -0.39 is 15.8 Å². The predicted octanol–water partition coefficient (Wildman–Crippen LogP) is 0.670. The molecule has 1 aromatic carbocycles. The summed E-state index contributed by atoms with van der Waals surface area (Å²) in [4.78, 5) is 3.73. The highest BCUT2D eigenvalue weighted by Gasteiger charge is 2.18. The third-order valence-corrected chi connectivity index (χ3v) is 3.75. The number of hydrogen-bond donors (Lipinski definition) is 2. The molecule has 3 N–H and O–H groups in total. The second-order valence-electron chi connectivity index (χ2n) is 4.18. The molecule has 0 bridgehead atoms. The van der Waals surface area contributed by atoms with Gasteiger partial charge in [0.25, 0.3) is 10.0 Å². The molecular formula is C13H13FN4O2S. The topological polar surface area (TPSA) is 90.0 Å². The first-order chi connectivity index (χ1) is 9.92. The van der Waals surface area contributed by atoms with Crippen LogP contribution in [0.15, 0.2) is 35.7 Å². The van der Waals surface area contributed by atoms with Crippen LogP contribution in [-0.2, 0) is 17.1 Å². The molecule has 0 aliphatic rings. The van der Waals surface area contributed by atoms with Crippen molar-refractivity contribution in [2.75, 3.05) is 11.3 Å². The minimum atomic E-state index is -3.92.